The van der Waals surface area contributed by atoms with E-state index in [2.05, 4.69) is 15.5 Å². The Kier molecular flexibility index (Phi) is 5.27. The third-order valence-electron chi connectivity index (χ3n) is 1.95. The standard InChI is InChI=1S/C9H17N5O2/c10-5-4-8-13-14-9(16-8)12-6-2-1-3-7(11)15/h1-6,10H2,(H2,11,15)(H,12,14). The van der Waals surface area contributed by atoms with Crippen LogP contribution in [0.25, 0.3) is 0 Å². The zero-order valence-electron chi connectivity index (χ0n) is 9.11. The first-order valence-electron chi connectivity index (χ1n) is 5.27. The quantitative estimate of drug-likeness (QED) is 0.521. The second kappa shape index (κ2) is 6.78. The third kappa shape index (κ3) is 4.74. The van der Waals surface area contributed by atoms with Gasteiger partial charge in [0.2, 0.25) is 11.8 Å². The van der Waals surface area contributed by atoms with Crippen LogP contribution < -0.4 is 16.8 Å². The number of primary amides is 1. The van der Waals surface area contributed by atoms with Crippen molar-refractivity contribution in [2.45, 2.75) is 25.7 Å². The highest BCUT2D eigenvalue weighted by atomic mass is 16.4. The SMILES string of the molecule is NCCc1nnc(NCCCCC(N)=O)o1. The minimum Gasteiger partial charge on any atom is -0.408 e. The van der Waals surface area contributed by atoms with Gasteiger partial charge in [-0.25, -0.2) is 0 Å². The first-order chi connectivity index (χ1) is 7.72. The van der Waals surface area contributed by atoms with Crippen molar-refractivity contribution < 1.29 is 9.21 Å². The summed E-state index contributed by atoms with van der Waals surface area (Å²) < 4.78 is 5.25. The maximum absolute atomic E-state index is 10.5. The molecule has 90 valence electrons. The van der Waals surface area contributed by atoms with Gasteiger partial charge in [0.25, 0.3) is 0 Å². The maximum Gasteiger partial charge on any atom is 0.315 e. The molecule has 0 atom stereocenters. The Bertz CT molecular complexity index is 325. The normalized spacial score (nSPS) is 10.3. The molecule has 0 unspecified atom stereocenters. The van der Waals surface area contributed by atoms with Crippen LogP contribution in [0.2, 0.25) is 0 Å². The van der Waals surface area contributed by atoms with E-state index in [0.29, 0.717) is 37.8 Å². The van der Waals surface area contributed by atoms with E-state index in [1.165, 1.54) is 0 Å². The number of hydrogen-bond acceptors (Lipinski definition) is 6. The molecule has 0 aliphatic heterocycles. The lowest BCUT2D eigenvalue weighted by Gasteiger charge is -1.99. The molecule has 0 aliphatic rings. The van der Waals surface area contributed by atoms with E-state index < -0.39 is 0 Å². The predicted octanol–water partition coefficient (Wildman–Crippen LogP) is -0.362. The van der Waals surface area contributed by atoms with Crippen LogP contribution in [0.1, 0.15) is 25.2 Å². The van der Waals surface area contributed by atoms with Gasteiger partial charge in [-0.1, -0.05) is 5.10 Å². The lowest BCUT2D eigenvalue weighted by atomic mass is 10.2. The summed E-state index contributed by atoms with van der Waals surface area (Å²) >= 11 is 0. The molecule has 0 aliphatic carbocycles. The average molecular weight is 227 g/mol. The highest BCUT2D eigenvalue weighted by molar-refractivity contribution is 5.73. The predicted molar refractivity (Wildman–Crippen MR) is 58.6 cm³/mol. The second-order valence-corrected chi connectivity index (χ2v) is 3.39. The van der Waals surface area contributed by atoms with Gasteiger partial charge < -0.3 is 21.2 Å². The van der Waals surface area contributed by atoms with Crippen LogP contribution in [0.4, 0.5) is 6.01 Å². The summed E-state index contributed by atoms with van der Waals surface area (Å²) in [5.41, 5.74) is 10.4. The number of unbranched alkanes of at least 4 members (excludes halogenated alkanes) is 1. The molecule has 1 amide bonds. The number of anilines is 1. The molecule has 1 aromatic heterocycles. The van der Waals surface area contributed by atoms with Crippen molar-refractivity contribution in [2.75, 3.05) is 18.4 Å². The molecule has 16 heavy (non-hydrogen) atoms. The summed E-state index contributed by atoms with van der Waals surface area (Å²) in [6.07, 6.45) is 2.57. The number of rotatable bonds is 8. The summed E-state index contributed by atoms with van der Waals surface area (Å²) in [7, 11) is 0. The van der Waals surface area contributed by atoms with Gasteiger partial charge in [0.05, 0.1) is 0 Å². The van der Waals surface area contributed by atoms with Gasteiger partial charge in [-0.3, -0.25) is 4.79 Å². The van der Waals surface area contributed by atoms with E-state index in [-0.39, 0.29) is 5.91 Å². The van der Waals surface area contributed by atoms with E-state index >= 15 is 0 Å². The number of hydrogen-bond donors (Lipinski definition) is 3. The molecule has 7 nitrogen and oxygen atoms in total. The van der Waals surface area contributed by atoms with Crippen LogP contribution in [-0.4, -0.2) is 29.2 Å². The fourth-order valence-electron chi connectivity index (χ4n) is 1.17. The fraction of sp³-hybridized carbons (Fsp3) is 0.667. The first kappa shape index (κ1) is 12.4. The topological polar surface area (TPSA) is 120 Å². The molecule has 0 saturated carbocycles. The molecule has 5 N–H and O–H groups in total. The lowest BCUT2D eigenvalue weighted by Crippen LogP contribution is -2.10. The minimum atomic E-state index is -0.275. The molecular formula is C9H17N5O2. The largest absolute Gasteiger partial charge is 0.408 e. The Balaban J connectivity index is 2.14. The molecule has 1 heterocycles. The van der Waals surface area contributed by atoms with E-state index in [1.807, 2.05) is 0 Å². The van der Waals surface area contributed by atoms with E-state index in [0.717, 1.165) is 12.8 Å². The number of amides is 1. The van der Waals surface area contributed by atoms with Crippen LogP contribution in [-0.2, 0) is 11.2 Å². The number of nitrogens with zero attached hydrogens (tertiary/aromatic N) is 2. The summed E-state index contributed by atoms with van der Waals surface area (Å²) in [4.78, 5) is 10.5. The molecule has 0 bridgehead atoms. The molecular weight excluding hydrogens is 210 g/mol. The van der Waals surface area contributed by atoms with Gasteiger partial charge in [0, 0.05) is 25.9 Å². The van der Waals surface area contributed by atoms with Crippen LogP contribution >= 0.6 is 0 Å². The van der Waals surface area contributed by atoms with Crippen molar-refractivity contribution >= 4 is 11.9 Å². The van der Waals surface area contributed by atoms with Crippen LogP contribution in [0, 0.1) is 0 Å². The van der Waals surface area contributed by atoms with Crippen LogP contribution in [0.5, 0.6) is 0 Å². The summed E-state index contributed by atoms with van der Waals surface area (Å²) in [5.74, 6) is 0.255. The lowest BCUT2D eigenvalue weighted by molar-refractivity contribution is -0.118. The van der Waals surface area contributed by atoms with Crippen molar-refractivity contribution in [3.63, 3.8) is 0 Å². The molecule has 0 aromatic carbocycles. The highest BCUT2D eigenvalue weighted by Crippen LogP contribution is 2.05. The van der Waals surface area contributed by atoms with Crippen LogP contribution in [0.15, 0.2) is 4.42 Å². The molecule has 1 aromatic rings. The summed E-state index contributed by atoms with van der Waals surface area (Å²) in [6.45, 7) is 1.16. The zero-order chi connectivity index (χ0) is 11.8. The van der Waals surface area contributed by atoms with Crippen molar-refractivity contribution in [1.82, 2.24) is 10.2 Å². The Morgan fingerprint density at radius 3 is 2.88 bits per heavy atom. The number of aromatic nitrogens is 2. The molecule has 0 spiro atoms. The number of carbonyl (C=O) groups excluding carboxylic acids is 1. The van der Waals surface area contributed by atoms with Gasteiger partial charge in [-0.15, -0.1) is 5.10 Å². The number of nitrogens with one attached hydrogen (secondary N) is 1. The van der Waals surface area contributed by atoms with Gasteiger partial charge in [-0.2, -0.15) is 0 Å². The van der Waals surface area contributed by atoms with Crippen molar-refractivity contribution in [1.29, 1.82) is 0 Å². The molecule has 7 heteroatoms. The maximum atomic E-state index is 10.5. The zero-order valence-corrected chi connectivity index (χ0v) is 9.11. The number of carbonyl (C=O) groups is 1. The molecule has 1 rings (SSSR count). The molecule has 0 fully saturated rings. The van der Waals surface area contributed by atoms with E-state index in [9.17, 15) is 4.79 Å². The summed E-state index contributed by atoms with van der Waals surface area (Å²) in [5, 5.41) is 10.6. The van der Waals surface area contributed by atoms with Gasteiger partial charge in [0.1, 0.15) is 0 Å². The molecule has 0 saturated heterocycles. The minimum absolute atomic E-state index is 0.275. The van der Waals surface area contributed by atoms with Crippen molar-refractivity contribution in [3.05, 3.63) is 5.89 Å². The monoisotopic (exact) mass is 227 g/mol. The third-order valence-corrected chi connectivity index (χ3v) is 1.95. The van der Waals surface area contributed by atoms with Crippen molar-refractivity contribution in [3.8, 4) is 0 Å². The fourth-order valence-corrected chi connectivity index (χ4v) is 1.17. The highest BCUT2D eigenvalue weighted by Gasteiger charge is 2.03. The Labute approximate surface area is 93.6 Å². The average Bonchev–Trinajstić information content (AvgIpc) is 2.65. The summed E-state index contributed by atoms with van der Waals surface area (Å²) in [6, 6.07) is 0.391. The van der Waals surface area contributed by atoms with Gasteiger partial charge in [-0.05, 0) is 12.8 Å². The van der Waals surface area contributed by atoms with E-state index in [4.69, 9.17) is 15.9 Å². The Morgan fingerprint density at radius 2 is 2.19 bits per heavy atom. The molecule has 0 radical (unpaired) electrons. The number of nitrogens with two attached hydrogens (primary N) is 2. The van der Waals surface area contributed by atoms with Crippen LogP contribution in [0.3, 0.4) is 0 Å². The Hall–Kier alpha value is -1.63. The second-order valence-electron chi connectivity index (χ2n) is 3.39. The first-order valence-corrected chi connectivity index (χ1v) is 5.27. The smallest absolute Gasteiger partial charge is 0.315 e. The van der Waals surface area contributed by atoms with Gasteiger partial charge in [0.15, 0.2) is 0 Å². The van der Waals surface area contributed by atoms with Gasteiger partial charge >= 0.3 is 6.01 Å². The Morgan fingerprint density at radius 1 is 1.38 bits per heavy atom. The van der Waals surface area contributed by atoms with E-state index in [1.54, 1.807) is 0 Å². The van der Waals surface area contributed by atoms with Crippen molar-refractivity contribution in [2.24, 2.45) is 11.5 Å².